The second-order valence-electron chi connectivity index (χ2n) is 7.17. The van der Waals surface area contributed by atoms with Gasteiger partial charge in [0, 0.05) is 18.6 Å². The quantitative estimate of drug-likeness (QED) is 0.394. The number of non-ortho nitro benzene ring substituents is 1. The summed E-state index contributed by atoms with van der Waals surface area (Å²) in [6.45, 7) is 5.93. The van der Waals surface area contributed by atoms with Crippen molar-refractivity contribution < 1.29 is 23.0 Å². The number of quaternary nitrogens is 1. The molecule has 1 heterocycles. The molecular weight excluding hydrogens is 394 g/mol. The van der Waals surface area contributed by atoms with Crippen LogP contribution in [0.15, 0.2) is 53.4 Å². The summed E-state index contributed by atoms with van der Waals surface area (Å²) in [5.74, 6) is 0.874. The Morgan fingerprint density at radius 1 is 1.14 bits per heavy atom. The number of benzene rings is 2. The van der Waals surface area contributed by atoms with E-state index in [9.17, 15) is 18.5 Å². The number of ether oxygens (including phenoxy) is 1. The average molecular weight is 421 g/mol. The molecule has 0 radical (unpaired) electrons. The topological polar surface area (TPSA) is 94.2 Å². The lowest BCUT2D eigenvalue weighted by Gasteiger charge is -2.31. The van der Waals surface area contributed by atoms with E-state index in [-0.39, 0.29) is 10.6 Å². The fourth-order valence-electron chi connectivity index (χ4n) is 3.40. The van der Waals surface area contributed by atoms with Crippen molar-refractivity contribution in [2.75, 3.05) is 39.3 Å². The molecule has 0 saturated carbocycles. The van der Waals surface area contributed by atoms with Crippen molar-refractivity contribution in [2.24, 2.45) is 0 Å². The number of nitro groups is 1. The largest absolute Gasteiger partial charge is 0.493 e. The Bertz CT molecular complexity index is 939. The summed E-state index contributed by atoms with van der Waals surface area (Å²) in [5, 5.41) is 10.7. The second kappa shape index (κ2) is 9.34. The first-order valence-electron chi connectivity index (χ1n) is 9.64. The van der Waals surface area contributed by atoms with E-state index in [1.165, 1.54) is 39.0 Å². The van der Waals surface area contributed by atoms with E-state index in [0.717, 1.165) is 31.8 Å². The van der Waals surface area contributed by atoms with E-state index in [0.29, 0.717) is 19.7 Å². The fourth-order valence-corrected chi connectivity index (χ4v) is 4.84. The van der Waals surface area contributed by atoms with Crippen LogP contribution in [0.3, 0.4) is 0 Å². The van der Waals surface area contributed by atoms with Crippen molar-refractivity contribution in [1.82, 2.24) is 4.31 Å². The second-order valence-corrected chi connectivity index (χ2v) is 9.11. The SMILES string of the molecule is Cc1cccc(OCCC[NH+]2CCN(S(=O)(=O)c3ccc([N+](=O)[O-])cc3)CC2)c1. The van der Waals surface area contributed by atoms with Crippen molar-refractivity contribution >= 4 is 15.7 Å². The average Bonchev–Trinajstić information content (AvgIpc) is 2.72. The minimum Gasteiger partial charge on any atom is -0.493 e. The van der Waals surface area contributed by atoms with E-state index in [4.69, 9.17) is 4.74 Å². The predicted molar refractivity (Wildman–Crippen MR) is 109 cm³/mol. The number of hydrogen-bond acceptors (Lipinski definition) is 5. The third-order valence-corrected chi connectivity index (χ3v) is 6.96. The van der Waals surface area contributed by atoms with Crippen molar-refractivity contribution in [1.29, 1.82) is 0 Å². The van der Waals surface area contributed by atoms with Gasteiger partial charge in [-0.1, -0.05) is 12.1 Å². The Balaban J connectivity index is 1.45. The number of aryl methyl sites for hydroxylation is 1. The third-order valence-electron chi connectivity index (χ3n) is 5.05. The van der Waals surface area contributed by atoms with E-state index in [1.54, 1.807) is 0 Å². The number of nitro benzene ring substituents is 1. The van der Waals surface area contributed by atoms with Gasteiger partial charge in [-0.3, -0.25) is 10.1 Å². The number of rotatable bonds is 8. The number of piperazine rings is 1. The minimum absolute atomic E-state index is 0.0955. The highest BCUT2D eigenvalue weighted by atomic mass is 32.2. The molecule has 0 spiro atoms. The summed E-state index contributed by atoms with van der Waals surface area (Å²) < 4.78 is 32.7. The zero-order chi connectivity index (χ0) is 20.9. The van der Waals surface area contributed by atoms with Gasteiger partial charge in [-0.05, 0) is 36.8 Å². The summed E-state index contributed by atoms with van der Waals surface area (Å²) in [6, 6.07) is 13.0. The lowest BCUT2D eigenvalue weighted by molar-refractivity contribution is -0.903. The van der Waals surface area contributed by atoms with Gasteiger partial charge in [0.25, 0.3) is 5.69 Å². The van der Waals surface area contributed by atoms with Crippen molar-refractivity contribution in [3.63, 3.8) is 0 Å². The van der Waals surface area contributed by atoms with Crippen LogP contribution in [0.1, 0.15) is 12.0 Å². The van der Waals surface area contributed by atoms with Crippen molar-refractivity contribution in [3.8, 4) is 5.75 Å². The van der Waals surface area contributed by atoms with Crippen LogP contribution < -0.4 is 9.64 Å². The smallest absolute Gasteiger partial charge is 0.269 e. The summed E-state index contributed by atoms with van der Waals surface area (Å²) in [6.07, 6.45) is 0.901. The van der Waals surface area contributed by atoms with Gasteiger partial charge in [0.15, 0.2) is 0 Å². The molecule has 0 bridgehead atoms. The first kappa shape index (κ1) is 21.2. The Labute approximate surface area is 170 Å². The van der Waals surface area contributed by atoms with Crippen molar-refractivity contribution in [2.45, 2.75) is 18.2 Å². The van der Waals surface area contributed by atoms with Gasteiger partial charge in [0.1, 0.15) is 5.75 Å². The molecule has 0 amide bonds. The molecule has 1 saturated heterocycles. The lowest BCUT2D eigenvalue weighted by Crippen LogP contribution is -3.14. The number of sulfonamides is 1. The van der Waals surface area contributed by atoms with Gasteiger partial charge in [-0.2, -0.15) is 4.31 Å². The normalized spacial score (nSPS) is 15.9. The molecule has 9 heteroatoms. The Morgan fingerprint density at radius 2 is 1.83 bits per heavy atom. The van der Waals surface area contributed by atoms with Crippen LogP contribution in [0, 0.1) is 17.0 Å². The fraction of sp³-hybridized carbons (Fsp3) is 0.400. The van der Waals surface area contributed by atoms with Crippen LogP contribution in [0.25, 0.3) is 0 Å². The van der Waals surface area contributed by atoms with Gasteiger partial charge in [-0.25, -0.2) is 8.42 Å². The molecule has 8 nitrogen and oxygen atoms in total. The molecule has 1 N–H and O–H groups in total. The van der Waals surface area contributed by atoms with Crippen LogP contribution >= 0.6 is 0 Å². The van der Waals surface area contributed by atoms with E-state index >= 15 is 0 Å². The molecule has 0 unspecified atom stereocenters. The van der Waals surface area contributed by atoms with Crippen LogP contribution in [0.4, 0.5) is 5.69 Å². The number of hydrogen-bond donors (Lipinski definition) is 1. The molecule has 0 aliphatic carbocycles. The molecule has 0 aromatic heterocycles. The molecule has 0 atom stereocenters. The standard InChI is InChI=1S/C20H25N3O5S/c1-17-4-2-5-19(16-17)28-15-3-10-21-11-13-22(14-12-21)29(26,27)20-8-6-18(7-9-20)23(24)25/h2,4-9,16H,3,10-15H2,1H3/p+1. The molecule has 1 aliphatic heterocycles. The predicted octanol–water partition coefficient (Wildman–Crippen LogP) is 1.26. The highest BCUT2D eigenvalue weighted by Crippen LogP contribution is 2.19. The summed E-state index contributed by atoms with van der Waals surface area (Å²) in [4.78, 5) is 11.6. The van der Waals surface area contributed by atoms with Gasteiger partial charge in [0.2, 0.25) is 10.0 Å². The third kappa shape index (κ3) is 5.53. The zero-order valence-corrected chi connectivity index (χ0v) is 17.2. The Hall–Kier alpha value is -2.49. The maximum absolute atomic E-state index is 12.7. The molecule has 1 fully saturated rings. The van der Waals surface area contributed by atoms with Gasteiger partial charge in [-0.15, -0.1) is 0 Å². The molecule has 156 valence electrons. The van der Waals surface area contributed by atoms with Crippen LogP contribution in [-0.2, 0) is 10.0 Å². The molecule has 1 aliphatic rings. The highest BCUT2D eigenvalue weighted by Gasteiger charge is 2.30. The zero-order valence-electron chi connectivity index (χ0n) is 16.4. The number of nitrogens with zero attached hydrogens (tertiary/aromatic N) is 2. The van der Waals surface area contributed by atoms with Gasteiger partial charge >= 0.3 is 0 Å². The molecule has 29 heavy (non-hydrogen) atoms. The first-order valence-corrected chi connectivity index (χ1v) is 11.1. The van der Waals surface area contributed by atoms with E-state index in [2.05, 4.69) is 0 Å². The minimum atomic E-state index is -3.62. The molecular formula is C20H26N3O5S+. The van der Waals surface area contributed by atoms with Crippen LogP contribution in [0.5, 0.6) is 5.75 Å². The van der Waals surface area contributed by atoms with Crippen molar-refractivity contribution in [3.05, 3.63) is 64.2 Å². The maximum Gasteiger partial charge on any atom is 0.269 e. The van der Waals surface area contributed by atoms with Crippen LogP contribution in [0.2, 0.25) is 0 Å². The first-order chi connectivity index (χ1) is 13.9. The Morgan fingerprint density at radius 3 is 2.45 bits per heavy atom. The monoisotopic (exact) mass is 420 g/mol. The Kier molecular flexibility index (Phi) is 6.83. The maximum atomic E-state index is 12.7. The van der Waals surface area contributed by atoms with Gasteiger partial charge in [0.05, 0.1) is 49.1 Å². The van der Waals surface area contributed by atoms with E-state index in [1.807, 2.05) is 31.2 Å². The van der Waals surface area contributed by atoms with Crippen LogP contribution in [-0.4, -0.2) is 57.0 Å². The van der Waals surface area contributed by atoms with E-state index < -0.39 is 14.9 Å². The summed E-state index contributed by atoms with van der Waals surface area (Å²) in [5.41, 5.74) is 1.05. The number of nitrogens with one attached hydrogen (secondary N) is 1. The van der Waals surface area contributed by atoms with Gasteiger partial charge < -0.3 is 9.64 Å². The lowest BCUT2D eigenvalue weighted by atomic mass is 10.2. The molecule has 2 aromatic rings. The molecule has 3 rings (SSSR count). The summed E-state index contributed by atoms with van der Waals surface area (Å²) >= 11 is 0. The highest BCUT2D eigenvalue weighted by molar-refractivity contribution is 7.89. The summed E-state index contributed by atoms with van der Waals surface area (Å²) in [7, 11) is -3.62. The molecule has 2 aromatic carbocycles.